The highest BCUT2D eigenvalue weighted by Crippen LogP contribution is 2.20. The van der Waals surface area contributed by atoms with E-state index >= 15 is 0 Å². The number of carbonyl (C=O) groups excluding carboxylic acids is 1. The molecule has 0 saturated heterocycles. The van der Waals surface area contributed by atoms with Crippen LogP contribution < -0.4 is 0 Å². The van der Waals surface area contributed by atoms with E-state index in [0.717, 1.165) is 5.56 Å². The molecule has 0 saturated carbocycles. The molecule has 0 fully saturated rings. The van der Waals surface area contributed by atoms with Gasteiger partial charge in [-0.3, -0.25) is 4.79 Å². The molecule has 0 spiro atoms. The monoisotopic (exact) mass is 388 g/mol. The van der Waals surface area contributed by atoms with Gasteiger partial charge in [-0.05, 0) is 23.9 Å². The maximum atomic E-state index is 12.2. The van der Waals surface area contributed by atoms with E-state index in [0.29, 0.717) is 15.8 Å². The second kappa shape index (κ2) is 8.57. The Morgan fingerprint density at radius 2 is 2.17 bits per heavy atom. The van der Waals surface area contributed by atoms with Gasteiger partial charge < -0.3 is 4.74 Å². The second-order valence-corrected chi connectivity index (χ2v) is 8.62. The van der Waals surface area contributed by atoms with Crippen molar-refractivity contribution in [3.8, 4) is 0 Å². The van der Waals surface area contributed by atoms with Crippen molar-refractivity contribution in [3.05, 3.63) is 46.6 Å². The van der Waals surface area contributed by atoms with E-state index < -0.39 is 10.0 Å². The number of nitrogens with zero attached hydrogens (tertiary/aromatic N) is 2. The van der Waals surface area contributed by atoms with Gasteiger partial charge in [-0.2, -0.15) is 0 Å². The summed E-state index contributed by atoms with van der Waals surface area (Å²) in [5, 5.41) is 2.09. The highest BCUT2D eigenvalue weighted by atomic mass is 35.5. The predicted molar refractivity (Wildman–Crippen MR) is 92.4 cm³/mol. The van der Waals surface area contributed by atoms with E-state index in [1.165, 1.54) is 28.9 Å². The van der Waals surface area contributed by atoms with Crippen LogP contribution in [0.5, 0.6) is 0 Å². The molecule has 0 atom stereocenters. The van der Waals surface area contributed by atoms with Gasteiger partial charge in [-0.25, -0.2) is 17.7 Å². The molecule has 0 aliphatic heterocycles. The van der Waals surface area contributed by atoms with Crippen LogP contribution in [0.15, 0.2) is 40.1 Å². The van der Waals surface area contributed by atoms with Crippen LogP contribution >= 0.6 is 22.9 Å². The van der Waals surface area contributed by atoms with E-state index in [-0.39, 0.29) is 25.5 Å². The second-order valence-electron chi connectivity index (χ2n) is 5.01. The quantitative estimate of drug-likeness (QED) is 0.513. The zero-order valence-electron chi connectivity index (χ0n) is 13.0. The van der Waals surface area contributed by atoms with Gasteiger partial charge in [0.15, 0.2) is 0 Å². The molecule has 2 aromatic rings. The molecule has 0 aliphatic carbocycles. The maximum Gasteiger partial charge on any atom is 0.306 e. The van der Waals surface area contributed by atoms with Crippen LogP contribution in [-0.4, -0.2) is 37.3 Å². The number of thiophene rings is 1. The first-order chi connectivity index (χ1) is 11.4. The van der Waals surface area contributed by atoms with Crippen molar-refractivity contribution in [2.75, 3.05) is 13.6 Å². The lowest BCUT2D eigenvalue weighted by Gasteiger charge is -2.15. The summed E-state index contributed by atoms with van der Waals surface area (Å²) in [7, 11) is -1.97. The number of sulfonamides is 1. The minimum Gasteiger partial charge on any atom is -0.461 e. The average molecular weight is 389 g/mol. The molecule has 0 N–H and O–H groups in total. The van der Waals surface area contributed by atoms with Crippen molar-refractivity contribution in [1.82, 2.24) is 9.29 Å². The fraction of sp³-hybridized carbons (Fsp3) is 0.333. The van der Waals surface area contributed by atoms with Gasteiger partial charge >= 0.3 is 5.97 Å². The van der Waals surface area contributed by atoms with Crippen LogP contribution in [0.1, 0.15) is 18.4 Å². The summed E-state index contributed by atoms with van der Waals surface area (Å²) in [6, 6.07) is 6.60. The molecule has 0 aliphatic rings. The number of aromatic nitrogens is 1. The molecule has 24 heavy (non-hydrogen) atoms. The van der Waals surface area contributed by atoms with Crippen molar-refractivity contribution < 1.29 is 17.9 Å². The first-order valence-corrected chi connectivity index (χ1v) is 9.85. The van der Waals surface area contributed by atoms with Crippen LogP contribution in [0.3, 0.4) is 0 Å². The van der Waals surface area contributed by atoms with Crippen molar-refractivity contribution in [2.24, 2.45) is 0 Å². The molecule has 6 nitrogen and oxygen atoms in total. The Bertz CT molecular complexity index is 761. The van der Waals surface area contributed by atoms with Crippen LogP contribution in [0.4, 0.5) is 0 Å². The minimum absolute atomic E-state index is 0.117. The topological polar surface area (TPSA) is 76.6 Å². The van der Waals surface area contributed by atoms with Gasteiger partial charge in [0.2, 0.25) is 0 Å². The molecule has 0 bridgehead atoms. The summed E-state index contributed by atoms with van der Waals surface area (Å²) in [5.41, 5.74) is 0.741. The third-order valence-corrected chi connectivity index (χ3v) is 6.66. The molecule has 0 amide bonds. The smallest absolute Gasteiger partial charge is 0.306 e. The molecule has 130 valence electrons. The van der Waals surface area contributed by atoms with Crippen LogP contribution in [-0.2, 0) is 26.2 Å². The molecule has 0 aromatic carbocycles. The minimum atomic E-state index is -3.47. The van der Waals surface area contributed by atoms with Gasteiger partial charge in [0.25, 0.3) is 10.0 Å². The number of carbonyl (C=O) groups is 1. The number of hydrogen-bond acceptors (Lipinski definition) is 6. The Kier molecular flexibility index (Phi) is 6.73. The van der Waals surface area contributed by atoms with E-state index in [1.807, 2.05) is 0 Å². The molecule has 2 aromatic heterocycles. The standard InChI is InChI=1S/C15H17ClN2O4S2/c1-18(24(20,21)15-5-3-9-23-15)8-2-4-14(19)22-11-12-6-7-13(16)17-10-12/h3,5-7,9-10H,2,4,8,11H2,1H3. The van der Waals surface area contributed by atoms with Crippen LogP contribution in [0, 0.1) is 0 Å². The van der Waals surface area contributed by atoms with Crippen molar-refractivity contribution in [3.63, 3.8) is 0 Å². The van der Waals surface area contributed by atoms with Crippen molar-refractivity contribution in [2.45, 2.75) is 23.7 Å². The van der Waals surface area contributed by atoms with Crippen LogP contribution in [0.25, 0.3) is 0 Å². The third-order valence-electron chi connectivity index (χ3n) is 3.20. The highest BCUT2D eigenvalue weighted by molar-refractivity contribution is 7.91. The number of pyridine rings is 1. The molecular formula is C15H17ClN2O4S2. The lowest BCUT2D eigenvalue weighted by Crippen LogP contribution is -2.27. The first-order valence-electron chi connectivity index (χ1n) is 7.15. The normalized spacial score (nSPS) is 11.6. The summed E-state index contributed by atoms with van der Waals surface area (Å²) < 4.78 is 31.1. The molecular weight excluding hydrogens is 372 g/mol. The lowest BCUT2D eigenvalue weighted by atomic mass is 10.3. The first kappa shape index (κ1) is 18.9. The zero-order chi connectivity index (χ0) is 17.6. The lowest BCUT2D eigenvalue weighted by molar-refractivity contribution is -0.145. The molecule has 0 unspecified atom stereocenters. The zero-order valence-corrected chi connectivity index (χ0v) is 15.4. The fourth-order valence-electron chi connectivity index (χ4n) is 1.86. The Balaban J connectivity index is 1.73. The fourth-order valence-corrected chi connectivity index (χ4v) is 4.38. The highest BCUT2D eigenvalue weighted by Gasteiger charge is 2.21. The predicted octanol–water partition coefficient (Wildman–Crippen LogP) is 2.94. The molecule has 0 radical (unpaired) electrons. The van der Waals surface area contributed by atoms with Crippen LogP contribution in [0.2, 0.25) is 5.15 Å². The van der Waals surface area contributed by atoms with Gasteiger partial charge in [0.05, 0.1) is 0 Å². The summed E-state index contributed by atoms with van der Waals surface area (Å²) in [6.07, 6.45) is 2.07. The molecule has 2 rings (SSSR count). The SMILES string of the molecule is CN(CCCC(=O)OCc1ccc(Cl)nc1)S(=O)(=O)c1cccs1. The Morgan fingerprint density at radius 3 is 2.79 bits per heavy atom. The van der Waals surface area contributed by atoms with E-state index in [9.17, 15) is 13.2 Å². The van der Waals surface area contributed by atoms with Crippen molar-refractivity contribution >= 4 is 38.9 Å². The Hall–Kier alpha value is -1.48. The number of esters is 1. The number of halogens is 1. The summed E-state index contributed by atoms with van der Waals surface area (Å²) >= 11 is 6.84. The number of ether oxygens (including phenoxy) is 1. The van der Waals surface area contributed by atoms with Gasteiger partial charge in [0, 0.05) is 31.8 Å². The van der Waals surface area contributed by atoms with E-state index in [2.05, 4.69) is 4.98 Å². The number of hydrogen-bond donors (Lipinski definition) is 0. The summed E-state index contributed by atoms with van der Waals surface area (Å²) in [5.74, 6) is -0.383. The summed E-state index contributed by atoms with van der Waals surface area (Å²) in [6.45, 7) is 0.365. The maximum absolute atomic E-state index is 12.2. The van der Waals surface area contributed by atoms with Gasteiger partial charge in [0.1, 0.15) is 16.0 Å². The molecule has 2 heterocycles. The van der Waals surface area contributed by atoms with Gasteiger partial charge in [-0.1, -0.05) is 23.7 Å². The van der Waals surface area contributed by atoms with Crippen molar-refractivity contribution in [1.29, 1.82) is 0 Å². The largest absolute Gasteiger partial charge is 0.461 e. The number of rotatable bonds is 8. The van der Waals surface area contributed by atoms with E-state index in [1.54, 1.807) is 29.6 Å². The summed E-state index contributed by atoms with van der Waals surface area (Å²) in [4.78, 5) is 15.6. The van der Waals surface area contributed by atoms with E-state index in [4.69, 9.17) is 16.3 Å². The van der Waals surface area contributed by atoms with Gasteiger partial charge in [-0.15, -0.1) is 11.3 Å². The molecule has 9 heteroatoms. The Morgan fingerprint density at radius 1 is 1.38 bits per heavy atom. The average Bonchev–Trinajstić information content (AvgIpc) is 3.09. The third kappa shape index (κ3) is 5.27. The Labute approximate surface area is 150 Å².